The van der Waals surface area contributed by atoms with Crippen LogP contribution >= 0.6 is 0 Å². The SMILES string of the molecule is O=S1(=O)CC[C@H](COCc2cccnc2)C12CN(C1CCC1)C2. The lowest BCUT2D eigenvalue weighted by Gasteiger charge is -2.55. The summed E-state index contributed by atoms with van der Waals surface area (Å²) < 4.78 is 30.5. The quantitative estimate of drug-likeness (QED) is 0.818. The van der Waals surface area contributed by atoms with Gasteiger partial charge in [-0.2, -0.15) is 0 Å². The Kier molecular flexibility index (Phi) is 3.94. The standard InChI is InChI=1S/C17H24N2O3S/c20-23(21)8-6-15(11-22-10-14-3-2-7-18-9-14)17(23)12-19(13-17)16-4-1-5-16/h2-3,7,9,15-16H,1,4-6,8,10-13H2/t15-/m1/s1. The van der Waals surface area contributed by atoms with Crippen LogP contribution in [0.25, 0.3) is 0 Å². The van der Waals surface area contributed by atoms with Crippen LogP contribution in [0.3, 0.4) is 0 Å². The van der Waals surface area contributed by atoms with Gasteiger partial charge >= 0.3 is 0 Å². The molecule has 1 spiro atoms. The van der Waals surface area contributed by atoms with Crippen LogP contribution in [0.15, 0.2) is 24.5 Å². The van der Waals surface area contributed by atoms with Crippen LogP contribution in [-0.2, 0) is 21.2 Å². The van der Waals surface area contributed by atoms with Gasteiger partial charge in [0, 0.05) is 37.4 Å². The van der Waals surface area contributed by atoms with Crippen molar-refractivity contribution in [1.29, 1.82) is 0 Å². The number of nitrogens with zero attached hydrogens (tertiary/aromatic N) is 2. The van der Waals surface area contributed by atoms with E-state index in [0.717, 1.165) is 25.1 Å². The van der Waals surface area contributed by atoms with Crippen molar-refractivity contribution in [3.8, 4) is 0 Å². The first kappa shape index (κ1) is 15.5. The van der Waals surface area contributed by atoms with Gasteiger partial charge in [0.1, 0.15) is 4.75 Å². The second kappa shape index (κ2) is 5.83. The van der Waals surface area contributed by atoms with Gasteiger partial charge in [-0.15, -0.1) is 0 Å². The molecule has 0 bridgehead atoms. The maximum Gasteiger partial charge on any atom is 0.158 e. The zero-order valence-corrected chi connectivity index (χ0v) is 14.2. The van der Waals surface area contributed by atoms with E-state index in [1.165, 1.54) is 19.3 Å². The topological polar surface area (TPSA) is 59.5 Å². The summed E-state index contributed by atoms with van der Waals surface area (Å²) in [5, 5.41) is 0. The summed E-state index contributed by atoms with van der Waals surface area (Å²) in [4.78, 5) is 6.45. The van der Waals surface area contributed by atoms with Crippen molar-refractivity contribution in [2.45, 2.75) is 43.1 Å². The minimum absolute atomic E-state index is 0.139. The number of hydrogen-bond acceptors (Lipinski definition) is 5. The first-order valence-electron chi connectivity index (χ1n) is 8.54. The molecule has 0 unspecified atom stereocenters. The molecule has 0 aromatic carbocycles. The van der Waals surface area contributed by atoms with Crippen LogP contribution in [0.4, 0.5) is 0 Å². The molecule has 2 aliphatic heterocycles. The molecule has 6 heteroatoms. The van der Waals surface area contributed by atoms with Crippen LogP contribution < -0.4 is 0 Å². The maximum atomic E-state index is 12.6. The Balaban J connectivity index is 1.38. The third-order valence-electron chi connectivity index (χ3n) is 5.94. The minimum Gasteiger partial charge on any atom is -0.376 e. The number of hydrogen-bond donors (Lipinski definition) is 0. The van der Waals surface area contributed by atoms with E-state index in [4.69, 9.17) is 4.74 Å². The minimum atomic E-state index is -2.98. The first-order chi connectivity index (χ1) is 11.1. The summed E-state index contributed by atoms with van der Waals surface area (Å²) in [5.74, 6) is 0.465. The van der Waals surface area contributed by atoms with Gasteiger partial charge in [0.25, 0.3) is 0 Å². The highest BCUT2D eigenvalue weighted by Gasteiger charge is 2.62. The second-order valence-corrected chi connectivity index (χ2v) is 9.69. The van der Waals surface area contributed by atoms with Gasteiger partial charge in [-0.25, -0.2) is 8.42 Å². The van der Waals surface area contributed by atoms with Crippen molar-refractivity contribution in [3.63, 3.8) is 0 Å². The Morgan fingerprint density at radius 2 is 2.13 bits per heavy atom. The van der Waals surface area contributed by atoms with Crippen LogP contribution in [0.2, 0.25) is 0 Å². The number of aromatic nitrogens is 1. The van der Waals surface area contributed by atoms with Gasteiger partial charge in [0.15, 0.2) is 9.84 Å². The lowest BCUT2D eigenvalue weighted by molar-refractivity contribution is -0.0151. The molecule has 1 aliphatic carbocycles. The van der Waals surface area contributed by atoms with E-state index in [-0.39, 0.29) is 5.92 Å². The summed E-state index contributed by atoms with van der Waals surface area (Å²) >= 11 is 0. The number of rotatable bonds is 5. The van der Waals surface area contributed by atoms with E-state index in [2.05, 4.69) is 9.88 Å². The van der Waals surface area contributed by atoms with Crippen molar-refractivity contribution in [2.24, 2.45) is 5.92 Å². The zero-order chi connectivity index (χ0) is 15.9. The maximum absolute atomic E-state index is 12.6. The average molecular weight is 336 g/mol. The Morgan fingerprint density at radius 1 is 1.30 bits per heavy atom. The van der Waals surface area contributed by atoms with E-state index in [1.807, 2.05) is 12.1 Å². The molecule has 3 heterocycles. The van der Waals surface area contributed by atoms with Crippen LogP contribution in [0.5, 0.6) is 0 Å². The highest BCUT2D eigenvalue weighted by molar-refractivity contribution is 7.93. The predicted octanol–water partition coefficient (Wildman–Crippen LogP) is 1.64. The van der Waals surface area contributed by atoms with E-state index in [1.54, 1.807) is 12.4 Å². The fourth-order valence-corrected chi connectivity index (χ4v) is 6.58. The summed E-state index contributed by atoms with van der Waals surface area (Å²) in [7, 11) is -2.98. The predicted molar refractivity (Wildman–Crippen MR) is 87.7 cm³/mol. The van der Waals surface area contributed by atoms with Gasteiger partial charge in [-0.3, -0.25) is 9.88 Å². The number of pyridine rings is 1. The summed E-state index contributed by atoms with van der Waals surface area (Å²) in [6.07, 6.45) is 8.04. The molecule has 3 aliphatic rings. The number of ether oxygens (including phenoxy) is 1. The molecule has 5 nitrogen and oxygen atoms in total. The molecule has 1 saturated carbocycles. The fraction of sp³-hybridized carbons (Fsp3) is 0.706. The summed E-state index contributed by atoms with van der Waals surface area (Å²) in [5.41, 5.74) is 1.03. The van der Waals surface area contributed by atoms with Crippen LogP contribution in [0.1, 0.15) is 31.2 Å². The third kappa shape index (κ3) is 2.61. The molecular formula is C17H24N2O3S. The molecule has 1 atom stereocenters. The van der Waals surface area contributed by atoms with E-state index in [9.17, 15) is 8.42 Å². The molecule has 4 rings (SSSR count). The number of likely N-dealkylation sites (tertiary alicyclic amines) is 1. The van der Waals surface area contributed by atoms with E-state index < -0.39 is 14.6 Å². The van der Waals surface area contributed by atoms with Crippen molar-refractivity contribution < 1.29 is 13.2 Å². The fourth-order valence-electron chi connectivity index (χ4n) is 4.16. The van der Waals surface area contributed by atoms with Crippen molar-refractivity contribution in [2.75, 3.05) is 25.4 Å². The lowest BCUT2D eigenvalue weighted by Crippen LogP contribution is -2.70. The summed E-state index contributed by atoms with van der Waals surface area (Å²) in [6, 6.07) is 4.51. The highest BCUT2D eigenvalue weighted by atomic mass is 32.2. The largest absolute Gasteiger partial charge is 0.376 e. The molecule has 0 N–H and O–H groups in total. The smallest absolute Gasteiger partial charge is 0.158 e. The zero-order valence-electron chi connectivity index (χ0n) is 13.4. The van der Waals surface area contributed by atoms with Crippen molar-refractivity contribution in [1.82, 2.24) is 9.88 Å². The molecule has 0 radical (unpaired) electrons. The average Bonchev–Trinajstić information content (AvgIpc) is 2.70. The Bertz CT molecular complexity index is 652. The molecule has 0 amide bonds. The third-order valence-corrected chi connectivity index (χ3v) is 8.55. The molecule has 1 aromatic heterocycles. The normalized spacial score (nSPS) is 29.3. The van der Waals surface area contributed by atoms with Gasteiger partial charge in [-0.1, -0.05) is 12.5 Å². The van der Waals surface area contributed by atoms with E-state index >= 15 is 0 Å². The Labute approximate surface area is 138 Å². The van der Waals surface area contributed by atoms with Gasteiger partial charge < -0.3 is 4.74 Å². The monoisotopic (exact) mass is 336 g/mol. The second-order valence-electron chi connectivity index (χ2n) is 7.24. The van der Waals surface area contributed by atoms with Gasteiger partial charge in [-0.05, 0) is 30.9 Å². The molecule has 3 fully saturated rings. The Hall–Kier alpha value is -0.980. The van der Waals surface area contributed by atoms with Crippen molar-refractivity contribution >= 4 is 9.84 Å². The molecule has 1 aromatic rings. The first-order valence-corrected chi connectivity index (χ1v) is 10.2. The molecular weight excluding hydrogens is 312 g/mol. The Morgan fingerprint density at radius 3 is 2.78 bits per heavy atom. The molecule has 2 saturated heterocycles. The van der Waals surface area contributed by atoms with E-state index in [0.29, 0.717) is 25.0 Å². The van der Waals surface area contributed by atoms with Crippen LogP contribution in [-0.4, -0.2) is 54.5 Å². The molecule has 126 valence electrons. The van der Waals surface area contributed by atoms with Crippen LogP contribution in [0, 0.1) is 5.92 Å². The number of sulfone groups is 1. The van der Waals surface area contributed by atoms with Gasteiger partial charge in [0.05, 0.1) is 19.0 Å². The van der Waals surface area contributed by atoms with Crippen molar-refractivity contribution in [3.05, 3.63) is 30.1 Å². The molecule has 23 heavy (non-hydrogen) atoms. The lowest BCUT2D eigenvalue weighted by atomic mass is 9.79. The summed E-state index contributed by atoms with van der Waals surface area (Å²) in [6.45, 7) is 2.49. The van der Waals surface area contributed by atoms with Gasteiger partial charge in [0.2, 0.25) is 0 Å². The highest BCUT2D eigenvalue weighted by Crippen LogP contribution is 2.47.